The van der Waals surface area contributed by atoms with E-state index in [9.17, 15) is 9.18 Å². The number of amides is 1. The maximum absolute atomic E-state index is 13.1. The lowest BCUT2D eigenvalue weighted by atomic mass is 9.84. The average molecular weight is 318 g/mol. The van der Waals surface area contributed by atoms with Crippen LogP contribution >= 0.6 is 0 Å². The van der Waals surface area contributed by atoms with Crippen molar-refractivity contribution in [1.82, 2.24) is 9.80 Å². The van der Waals surface area contributed by atoms with Crippen LogP contribution < -0.4 is 0 Å². The number of hydrogen-bond acceptors (Lipinski definition) is 2. The van der Waals surface area contributed by atoms with Crippen molar-refractivity contribution in [3.05, 3.63) is 35.6 Å². The number of likely N-dealkylation sites (N-methyl/N-ethyl adjacent to an activating group) is 1. The molecule has 0 unspecified atom stereocenters. The van der Waals surface area contributed by atoms with Crippen molar-refractivity contribution in [2.45, 2.75) is 57.0 Å². The molecule has 2 aliphatic heterocycles. The molecule has 4 heteroatoms. The van der Waals surface area contributed by atoms with Crippen LogP contribution in [0.25, 0.3) is 0 Å². The van der Waals surface area contributed by atoms with Gasteiger partial charge in [-0.1, -0.05) is 25.0 Å². The summed E-state index contributed by atoms with van der Waals surface area (Å²) in [6.07, 6.45) is 6.12. The zero-order valence-electron chi connectivity index (χ0n) is 14.2. The maximum atomic E-state index is 13.1. The molecule has 0 aromatic heterocycles. The second-order valence-corrected chi connectivity index (χ2v) is 7.30. The molecule has 2 atom stereocenters. The van der Waals surface area contributed by atoms with Crippen molar-refractivity contribution in [2.75, 3.05) is 20.1 Å². The number of benzene rings is 1. The van der Waals surface area contributed by atoms with Crippen LogP contribution in [0.15, 0.2) is 24.3 Å². The zero-order valence-corrected chi connectivity index (χ0v) is 14.2. The van der Waals surface area contributed by atoms with E-state index in [1.54, 1.807) is 12.1 Å². The summed E-state index contributed by atoms with van der Waals surface area (Å²) >= 11 is 0. The molecule has 0 spiro atoms. The summed E-state index contributed by atoms with van der Waals surface area (Å²) < 4.78 is 13.1. The first-order valence-electron chi connectivity index (χ1n) is 8.76. The van der Waals surface area contributed by atoms with Gasteiger partial charge in [-0.3, -0.25) is 4.79 Å². The molecular formula is C19H27FN2O. The first kappa shape index (κ1) is 16.4. The maximum Gasteiger partial charge on any atom is 0.227 e. The quantitative estimate of drug-likeness (QED) is 0.836. The molecule has 3 rings (SSSR count). The SMILES string of the molecule is CN1CC[C@@]2(C)[C@@H]1CCCCCN2C(=O)Cc1ccc(F)cc1. The third-order valence-corrected chi connectivity index (χ3v) is 5.77. The van der Waals surface area contributed by atoms with Gasteiger partial charge in [0.2, 0.25) is 5.91 Å². The Labute approximate surface area is 138 Å². The van der Waals surface area contributed by atoms with E-state index < -0.39 is 0 Å². The molecule has 1 aromatic carbocycles. The molecule has 23 heavy (non-hydrogen) atoms. The Bertz CT molecular complexity index is 559. The molecule has 2 heterocycles. The fraction of sp³-hybridized carbons (Fsp3) is 0.632. The van der Waals surface area contributed by atoms with Crippen LogP contribution in [0.5, 0.6) is 0 Å². The van der Waals surface area contributed by atoms with Gasteiger partial charge in [0.05, 0.1) is 12.0 Å². The van der Waals surface area contributed by atoms with Crippen LogP contribution in [-0.2, 0) is 11.2 Å². The summed E-state index contributed by atoms with van der Waals surface area (Å²) in [6, 6.07) is 6.77. The van der Waals surface area contributed by atoms with Gasteiger partial charge in [0.15, 0.2) is 0 Å². The number of nitrogens with zero attached hydrogens (tertiary/aromatic N) is 2. The van der Waals surface area contributed by atoms with E-state index >= 15 is 0 Å². The summed E-state index contributed by atoms with van der Waals surface area (Å²) in [5.41, 5.74) is 0.830. The Morgan fingerprint density at radius 3 is 2.70 bits per heavy atom. The molecule has 0 aliphatic carbocycles. The van der Waals surface area contributed by atoms with Crippen LogP contribution in [0.1, 0.15) is 44.6 Å². The van der Waals surface area contributed by atoms with Gasteiger partial charge in [0.1, 0.15) is 5.82 Å². The Morgan fingerprint density at radius 2 is 1.96 bits per heavy atom. The van der Waals surface area contributed by atoms with Crippen LogP contribution in [-0.4, -0.2) is 47.4 Å². The third kappa shape index (κ3) is 3.27. The number of fused-ring (bicyclic) bond motifs is 1. The lowest BCUT2D eigenvalue weighted by Gasteiger charge is -2.45. The van der Waals surface area contributed by atoms with Gasteiger partial charge in [0.25, 0.3) is 0 Å². The van der Waals surface area contributed by atoms with Crippen molar-refractivity contribution < 1.29 is 9.18 Å². The van der Waals surface area contributed by atoms with Crippen LogP contribution in [0.4, 0.5) is 4.39 Å². The van der Waals surface area contributed by atoms with Gasteiger partial charge in [-0.15, -0.1) is 0 Å². The highest BCUT2D eigenvalue weighted by atomic mass is 19.1. The predicted octanol–water partition coefficient (Wildman–Crippen LogP) is 3.23. The lowest BCUT2D eigenvalue weighted by molar-refractivity contribution is -0.138. The summed E-state index contributed by atoms with van der Waals surface area (Å²) in [5.74, 6) is -0.0711. The molecule has 126 valence electrons. The predicted molar refractivity (Wildman–Crippen MR) is 89.7 cm³/mol. The molecular weight excluding hydrogens is 291 g/mol. The van der Waals surface area contributed by atoms with Gasteiger partial charge in [-0.2, -0.15) is 0 Å². The summed E-state index contributed by atoms with van der Waals surface area (Å²) in [4.78, 5) is 17.5. The van der Waals surface area contributed by atoms with E-state index in [2.05, 4.69) is 23.8 Å². The highest BCUT2D eigenvalue weighted by Gasteiger charge is 2.47. The molecule has 0 N–H and O–H groups in total. The van der Waals surface area contributed by atoms with E-state index in [4.69, 9.17) is 0 Å². The molecule has 2 fully saturated rings. The van der Waals surface area contributed by atoms with Crippen molar-refractivity contribution in [3.8, 4) is 0 Å². The molecule has 0 saturated carbocycles. The molecule has 1 aromatic rings. The van der Waals surface area contributed by atoms with Gasteiger partial charge >= 0.3 is 0 Å². The second-order valence-electron chi connectivity index (χ2n) is 7.30. The molecule has 0 radical (unpaired) electrons. The number of halogens is 1. The minimum atomic E-state index is -0.253. The van der Waals surface area contributed by atoms with Gasteiger partial charge in [-0.25, -0.2) is 4.39 Å². The van der Waals surface area contributed by atoms with E-state index in [0.717, 1.165) is 31.5 Å². The fourth-order valence-electron chi connectivity index (χ4n) is 4.37. The lowest BCUT2D eigenvalue weighted by Crippen LogP contribution is -2.57. The second kappa shape index (κ2) is 6.60. The average Bonchev–Trinajstić information content (AvgIpc) is 2.78. The first-order valence-corrected chi connectivity index (χ1v) is 8.76. The van der Waals surface area contributed by atoms with Crippen LogP contribution in [0, 0.1) is 5.82 Å². The van der Waals surface area contributed by atoms with Crippen LogP contribution in [0.2, 0.25) is 0 Å². The van der Waals surface area contributed by atoms with Crippen molar-refractivity contribution in [3.63, 3.8) is 0 Å². The van der Waals surface area contributed by atoms with Gasteiger partial charge < -0.3 is 9.80 Å². The Kier molecular flexibility index (Phi) is 4.72. The third-order valence-electron chi connectivity index (χ3n) is 5.77. The van der Waals surface area contributed by atoms with Gasteiger partial charge in [0, 0.05) is 19.1 Å². The smallest absolute Gasteiger partial charge is 0.227 e. The van der Waals surface area contributed by atoms with Crippen molar-refractivity contribution in [2.24, 2.45) is 0 Å². The number of rotatable bonds is 2. The molecule has 3 nitrogen and oxygen atoms in total. The topological polar surface area (TPSA) is 23.6 Å². The summed E-state index contributed by atoms with van der Waals surface area (Å²) in [6.45, 7) is 4.16. The number of carbonyl (C=O) groups is 1. The summed E-state index contributed by atoms with van der Waals surface area (Å²) in [7, 11) is 2.18. The van der Waals surface area contributed by atoms with Gasteiger partial charge in [-0.05, 0) is 50.9 Å². The monoisotopic (exact) mass is 318 g/mol. The standard InChI is InChI=1S/C19H27FN2O/c1-19-11-13-21(2)17(19)6-4-3-5-12-22(19)18(23)14-15-7-9-16(20)10-8-15/h7-10,17H,3-6,11-14H2,1-2H3/t17-,19-/m0/s1. The minimum absolute atomic E-state index is 0.0632. The normalized spacial score (nSPS) is 29.0. The highest BCUT2D eigenvalue weighted by Crippen LogP contribution is 2.38. The molecule has 2 aliphatic rings. The van der Waals surface area contributed by atoms with Crippen molar-refractivity contribution in [1.29, 1.82) is 0 Å². The Hall–Kier alpha value is -1.42. The Balaban J connectivity index is 1.80. The summed E-state index contributed by atoms with van der Waals surface area (Å²) in [5, 5.41) is 0. The van der Waals surface area contributed by atoms with Crippen molar-refractivity contribution >= 4 is 5.91 Å². The zero-order chi connectivity index (χ0) is 16.4. The molecule has 0 bridgehead atoms. The Morgan fingerprint density at radius 1 is 1.22 bits per heavy atom. The number of hydrogen-bond donors (Lipinski definition) is 0. The molecule has 1 amide bonds. The van der Waals surface area contributed by atoms with Crippen LogP contribution in [0.3, 0.4) is 0 Å². The number of likely N-dealkylation sites (tertiary alicyclic amines) is 2. The van der Waals surface area contributed by atoms with E-state index in [1.807, 2.05) is 0 Å². The highest BCUT2D eigenvalue weighted by molar-refractivity contribution is 5.79. The number of carbonyl (C=O) groups excluding carboxylic acids is 1. The fourth-order valence-corrected chi connectivity index (χ4v) is 4.37. The minimum Gasteiger partial charge on any atom is -0.335 e. The first-order chi connectivity index (χ1) is 11.0. The van der Waals surface area contributed by atoms with E-state index in [0.29, 0.717) is 12.5 Å². The van der Waals surface area contributed by atoms with E-state index in [1.165, 1.54) is 31.4 Å². The van der Waals surface area contributed by atoms with E-state index in [-0.39, 0.29) is 17.3 Å². The largest absolute Gasteiger partial charge is 0.335 e. The molecule has 2 saturated heterocycles.